The van der Waals surface area contributed by atoms with Gasteiger partial charge in [-0.15, -0.1) is 11.3 Å². The summed E-state index contributed by atoms with van der Waals surface area (Å²) in [7, 11) is 0. The van der Waals surface area contributed by atoms with Crippen LogP contribution in [0.4, 0.5) is 20.6 Å². The van der Waals surface area contributed by atoms with E-state index >= 15 is 0 Å². The summed E-state index contributed by atoms with van der Waals surface area (Å²) in [5, 5.41) is 15.3. The lowest BCUT2D eigenvalue weighted by Crippen LogP contribution is -2.52. The highest BCUT2D eigenvalue weighted by molar-refractivity contribution is 7.17. The van der Waals surface area contributed by atoms with Crippen molar-refractivity contribution in [1.82, 2.24) is 9.91 Å². The maximum absolute atomic E-state index is 14.1. The summed E-state index contributed by atoms with van der Waals surface area (Å²) in [5.41, 5.74) is 4.31. The number of carbonyl (C=O) groups is 2. The van der Waals surface area contributed by atoms with Gasteiger partial charge in [-0.1, -0.05) is 24.3 Å². The number of thiophene rings is 1. The van der Waals surface area contributed by atoms with Crippen LogP contribution in [0.1, 0.15) is 24.5 Å². The summed E-state index contributed by atoms with van der Waals surface area (Å²) in [6.45, 7) is 9.91. The van der Waals surface area contributed by atoms with Crippen LogP contribution in [-0.2, 0) is 17.6 Å². The van der Waals surface area contributed by atoms with Crippen LogP contribution in [0, 0.1) is 5.82 Å². The van der Waals surface area contributed by atoms with Crippen LogP contribution in [0.3, 0.4) is 0 Å². The molecule has 37 heavy (non-hydrogen) atoms. The Balaban J connectivity index is 1.25. The second-order valence-electron chi connectivity index (χ2n) is 9.80. The van der Waals surface area contributed by atoms with Gasteiger partial charge < -0.3 is 10.0 Å². The van der Waals surface area contributed by atoms with Crippen molar-refractivity contribution in [3.05, 3.63) is 70.9 Å². The second kappa shape index (κ2) is 10.5. The Hall–Kier alpha value is -3.43. The first-order valence-corrected chi connectivity index (χ1v) is 13.4. The highest BCUT2D eigenvalue weighted by Crippen LogP contribution is 2.33. The first-order valence-electron chi connectivity index (χ1n) is 12.5. The molecule has 0 saturated carbocycles. The zero-order valence-corrected chi connectivity index (χ0v) is 21.8. The summed E-state index contributed by atoms with van der Waals surface area (Å²) < 4.78 is 15.1. The molecule has 194 valence electrons. The number of nitrogens with zero attached hydrogens (tertiary/aromatic N) is 4. The van der Waals surface area contributed by atoms with Crippen LogP contribution < -0.4 is 9.91 Å². The van der Waals surface area contributed by atoms with Crippen molar-refractivity contribution in [2.24, 2.45) is 0 Å². The molecular weight excluding hydrogens is 491 g/mol. The van der Waals surface area contributed by atoms with E-state index in [9.17, 15) is 19.1 Å². The second-order valence-corrected chi connectivity index (χ2v) is 10.7. The van der Waals surface area contributed by atoms with Crippen LogP contribution in [0.25, 0.3) is 10.1 Å². The molecule has 2 aliphatic rings. The van der Waals surface area contributed by atoms with Crippen LogP contribution in [0.5, 0.6) is 0 Å². The van der Waals surface area contributed by atoms with Gasteiger partial charge in [-0.3, -0.25) is 9.69 Å². The van der Waals surface area contributed by atoms with Crippen molar-refractivity contribution < 1.29 is 19.1 Å². The average Bonchev–Trinajstić information content (AvgIpc) is 3.34. The van der Waals surface area contributed by atoms with Gasteiger partial charge in [0.15, 0.2) is 0 Å². The molecule has 9 heteroatoms. The van der Waals surface area contributed by atoms with E-state index in [-0.39, 0.29) is 24.7 Å². The highest BCUT2D eigenvalue weighted by atomic mass is 32.1. The number of fused-ring (bicyclic) bond motifs is 2. The molecule has 0 aliphatic carbocycles. The molecule has 7 nitrogen and oxygen atoms in total. The molecule has 0 spiro atoms. The Morgan fingerprint density at radius 1 is 1.11 bits per heavy atom. The molecule has 1 aromatic heterocycles. The Morgan fingerprint density at radius 3 is 2.62 bits per heavy atom. The molecule has 5 rings (SSSR count). The standard InChI is InChI=1S/C28H31FN4O3S/c1-19(2)18-32(28(35)36)33-24-15-20(3-4-21(24)5-6-27(33)34)7-9-30-10-12-31(13-11-30)25-16-22(29)17-26-23(25)8-14-37-26/h3-4,8,14-17H,1,5-7,9-13,18H2,2H3,(H,35,36). The van der Waals surface area contributed by atoms with E-state index in [4.69, 9.17) is 0 Å². The number of hydrogen-bond donors (Lipinski definition) is 1. The van der Waals surface area contributed by atoms with Crippen molar-refractivity contribution in [2.75, 3.05) is 49.2 Å². The number of hydrogen-bond acceptors (Lipinski definition) is 5. The fraction of sp³-hybridized carbons (Fsp3) is 0.357. The molecule has 0 unspecified atom stereocenters. The van der Waals surface area contributed by atoms with Crippen molar-refractivity contribution >= 4 is 44.8 Å². The van der Waals surface area contributed by atoms with Crippen LogP contribution in [-0.4, -0.2) is 66.3 Å². The number of carboxylic acid groups (broad SMARTS) is 1. The third-order valence-corrected chi connectivity index (χ3v) is 7.91. The minimum Gasteiger partial charge on any atom is -0.464 e. The Bertz CT molecular complexity index is 1350. The van der Waals surface area contributed by atoms with Gasteiger partial charge in [-0.2, -0.15) is 0 Å². The van der Waals surface area contributed by atoms with Gasteiger partial charge in [0.05, 0.1) is 12.2 Å². The van der Waals surface area contributed by atoms with Crippen LogP contribution in [0.2, 0.25) is 0 Å². The lowest BCUT2D eigenvalue weighted by Gasteiger charge is -2.37. The lowest BCUT2D eigenvalue weighted by atomic mass is 9.99. The van der Waals surface area contributed by atoms with Crippen molar-refractivity contribution in [3.63, 3.8) is 0 Å². The van der Waals surface area contributed by atoms with E-state index < -0.39 is 6.09 Å². The molecule has 2 aliphatic heterocycles. The Kier molecular flexibility index (Phi) is 7.17. The average molecular weight is 523 g/mol. The van der Waals surface area contributed by atoms with Crippen LogP contribution in [0.15, 0.2) is 53.9 Å². The fourth-order valence-corrected chi connectivity index (χ4v) is 6.01. The van der Waals surface area contributed by atoms with E-state index in [1.54, 1.807) is 30.4 Å². The molecule has 1 saturated heterocycles. The number of halogens is 1. The van der Waals surface area contributed by atoms with Gasteiger partial charge in [0.1, 0.15) is 5.82 Å². The topological polar surface area (TPSA) is 67.3 Å². The van der Waals surface area contributed by atoms with E-state index in [0.717, 1.165) is 71.1 Å². The first kappa shape index (κ1) is 25.2. The quantitative estimate of drug-likeness (QED) is 0.435. The summed E-state index contributed by atoms with van der Waals surface area (Å²) in [4.78, 5) is 29.4. The number of anilines is 2. The molecule has 0 atom stereocenters. The van der Waals surface area contributed by atoms with Crippen molar-refractivity contribution in [2.45, 2.75) is 26.2 Å². The maximum Gasteiger partial charge on any atom is 0.427 e. The first-order chi connectivity index (χ1) is 17.8. The summed E-state index contributed by atoms with van der Waals surface area (Å²) >= 11 is 1.56. The number of hydrazine groups is 1. The smallest absolute Gasteiger partial charge is 0.427 e. The van der Waals surface area contributed by atoms with Gasteiger partial charge in [-0.25, -0.2) is 19.2 Å². The van der Waals surface area contributed by atoms with Crippen molar-refractivity contribution in [1.29, 1.82) is 0 Å². The molecule has 1 N–H and O–H groups in total. The van der Waals surface area contributed by atoms with Gasteiger partial charge in [0.25, 0.3) is 0 Å². The minimum absolute atomic E-state index is 0.0675. The number of piperazine rings is 1. The number of amides is 2. The molecule has 3 aromatic rings. The summed E-state index contributed by atoms with van der Waals surface area (Å²) in [6.07, 6.45) is 0.493. The normalized spacial score (nSPS) is 16.2. The summed E-state index contributed by atoms with van der Waals surface area (Å²) in [5.74, 6) is -0.418. The molecule has 1 fully saturated rings. The zero-order chi connectivity index (χ0) is 26.1. The minimum atomic E-state index is -1.18. The highest BCUT2D eigenvalue weighted by Gasteiger charge is 2.32. The van der Waals surface area contributed by atoms with E-state index in [1.165, 1.54) is 5.01 Å². The molecule has 0 bridgehead atoms. The van der Waals surface area contributed by atoms with E-state index in [0.29, 0.717) is 17.7 Å². The third kappa shape index (κ3) is 5.33. The van der Waals surface area contributed by atoms with Gasteiger partial charge >= 0.3 is 6.09 Å². The number of rotatable bonds is 7. The van der Waals surface area contributed by atoms with Gasteiger partial charge in [-0.05, 0) is 60.5 Å². The molecular formula is C28H31FN4O3S. The van der Waals surface area contributed by atoms with E-state index in [1.807, 2.05) is 17.5 Å². The van der Waals surface area contributed by atoms with Gasteiger partial charge in [0.2, 0.25) is 5.91 Å². The monoisotopic (exact) mass is 522 g/mol. The van der Waals surface area contributed by atoms with Crippen LogP contribution >= 0.6 is 11.3 Å². The predicted molar refractivity (Wildman–Crippen MR) is 146 cm³/mol. The summed E-state index contributed by atoms with van der Waals surface area (Å²) in [6, 6.07) is 11.3. The molecule has 2 amide bonds. The molecule has 0 radical (unpaired) electrons. The third-order valence-electron chi connectivity index (χ3n) is 7.05. The molecule has 3 heterocycles. The SMILES string of the molecule is C=C(C)CN(C(=O)O)N1C(=O)CCc2ccc(CCN3CCN(c4cc(F)cc5sccc45)CC3)cc21. The maximum atomic E-state index is 14.1. The Labute approximate surface area is 220 Å². The fourth-order valence-electron chi connectivity index (χ4n) is 5.18. The lowest BCUT2D eigenvalue weighted by molar-refractivity contribution is -0.121. The number of aryl methyl sites for hydroxylation is 1. The number of carbonyl (C=O) groups excluding carboxylic acids is 1. The van der Waals surface area contributed by atoms with E-state index in [2.05, 4.69) is 28.5 Å². The largest absolute Gasteiger partial charge is 0.464 e. The number of benzene rings is 2. The van der Waals surface area contributed by atoms with Crippen molar-refractivity contribution in [3.8, 4) is 0 Å². The Morgan fingerprint density at radius 2 is 1.89 bits per heavy atom. The van der Waals surface area contributed by atoms with Gasteiger partial charge in [0, 0.05) is 54.9 Å². The molecule has 2 aromatic carbocycles. The predicted octanol–water partition coefficient (Wildman–Crippen LogP) is 5.16. The zero-order valence-electron chi connectivity index (χ0n) is 21.0.